The van der Waals surface area contributed by atoms with E-state index in [-0.39, 0.29) is 5.78 Å². The number of likely N-dealkylation sites (N-methyl/N-ethyl adjacent to an activating group) is 1. The van der Waals surface area contributed by atoms with Crippen LogP contribution in [0.25, 0.3) is 17.2 Å². The van der Waals surface area contributed by atoms with Gasteiger partial charge in [0.05, 0.1) is 5.56 Å². The summed E-state index contributed by atoms with van der Waals surface area (Å²) in [5.74, 6) is 0.545. The van der Waals surface area contributed by atoms with Crippen LogP contribution in [-0.4, -0.2) is 56.9 Å². The summed E-state index contributed by atoms with van der Waals surface area (Å²) in [6.45, 7) is 2.16. The Hall–Kier alpha value is -3.21. The quantitative estimate of drug-likeness (QED) is 0.326. The molecule has 32 heavy (non-hydrogen) atoms. The Morgan fingerprint density at radius 2 is 1.62 bits per heavy atom. The Kier molecular flexibility index (Phi) is 8.37. The van der Waals surface area contributed by atoms with Gasteiger partial charge in [-0.25, -0.2) is 0 Å². The fourth-order valence-electron chi connectivity index (χ4n) is 3.42. The zero-order valence-corrected chi connectivity index (χ0v) is 19.4. The second-order valence-electron chi connectivity index (χ2n) is 8.41. The number of benzene rings is 3. The largest absolute Gasteiger partial charge is 0.491 e. The molecular weight excluding hydrogens is 396 g/mol. The van der Waals surface area contributed by atoms with Crippen molar-refractivity contribution >= 4 is 11.9 Å². The first kappa shape index (κ1) is 23.5. The number of hydrogen-bond acceptors (Lipinski definition) is 4. The van der Waals surface area contributed by atoms with Crippen LogP contribution in [0.2, 0.25) is 0 Å². The Balaban J connectivity index is 1.87. The number of rotatable bonds is 10. The van der Waals surface area contributed by atoms with E-state index in [1.807, 2.05) is 94.9 Å². The number of carbonyl (C=O) groups excluding carboxylic acids is 1. The van der Waals surface area contributed by atoms with Gasteiger partial charge in [0.15, 0.2) is 5.78 Å². The lowest BCUT2D eigenvalue weighted by atomic mass is 9.99. The summed E-state index contributed by atoms with van der Waals surface area (Å²) in [5.41, 5.74) is 4.86. The van der Waals surface area contributed by atoms with Crippen LogP contribution in [-0.2, 0) is 6.54 Å². The summed E-state index contributed by atoms with van der Waals surface area (Å²) in [7, 11) is 8.09. The first-order valence-corrected chi connectivity index (χ1v) is 10.9. The molecule has 0 radical (unpaired) electrons. The Morgan fingerprint density at radius 1 is 0.844 bits per heavy atom. The van der Waals surface area contributed by atoms with E-state index in [1.165, 1.54) is 5.56 Å². The molecule has 0 N–H and O–H groups in total. The molecule has 0 aliphatic rings. The molecule has 4 heteroatoms. The van der Waals surface area contributed by atoms with Crippen molar-refractivity contribution in [2.75, 3.05) is 41.3 Å². The number of nitrogens with zero attached hydrogens (tertiary/aromatic N) is 2. The Bertz CT molecular complexity index is 1060. The van der Waals surface area contributed by atoms with Crippen molar-refractivity contribution in [2.24, 2.45) is 0 Å². The zero-order chi connectivity index (χ0) is 22.9. The van der Waals surface area contributed by atoms with E-state index >= 15 is 0 Å². The average molecular weight is 429 g/mol. The fourth-order valence-corrected chi connectivity index (χ4v) is 3.42. The summed E-state index contributed by atoms with van der Waals surface area (Å²) in [6, 6.07) is 24.1. The number of carbonyl (C=O) groups is 1. The van der Waals surface area contributed by atoms with Gasteiger partial charge in [-0.15, -0.1) is 0 Å². The summed E-state index contributed by atoms with van der Waals surface area (Å²) in [6.07, 6.45) is 3.51. The molecule has 0 saturated carbocycles. The second-order valence-corrected chi connectivity index (χ2v) is 8.41. The molecule has 0 unspecified atom stereocenters. The molecule has 0 heterocycles. The van der Waals surface area contributed by atoms with E-state index in [0.717, 1.165) is 29.8 Å². The third kappa shape index (κ3) is 6.91. The van der Waals surface area contributed by atoms with Gasteiger partial charge in [-0.2, -0.15) is 0 Å². The van der Waals surface area contributed by atoms with E-state index in [0.29, 0.717) is 17.9 Å². The molecule has 0 atom stereocenters. The zero-order valence-electron chi connectivity index (χ0n) is 19.4. The third-order valence-electron chi connectivity index (χ3n) is 5.03. The summed E-state index contributed by atoms with van der Waals surface area (Å²) >= 11 is 0. The maximum absolute atomic E-state index is 13.2. The lowest BCUT2D eigenvalue weighted by Gasteiger charge is -2.14. The molecule has 0 amide bonds. The Labute approximate surface area is 191 Å². The van der Waals surface area contributed by atoms with E-state index in [4.69, 9.17) is 4.74 Å². The first-order chi connectivity index (χ1) is 15.4. The normalized spacial score (nSPS) is 11.4. The minimum absolute atomic E-state index is 0.0688. The minimum Gasteiger partial charge on any atom is -0.491 e. The molecule has 4 nitrogen and oxygen atoms in total. The van der Waals surface area contributed by atoms with Crippen LogP contribution in [0.15, 0.2) is 78.9 Å². The minimum atomic E-state index is -0.0688. The van der Waals surface area contributed by atoms with E-state index in [9.17, 15) is 4.79 Å². The lowest BCUT2D eigenvalue weighted by molar-refractivity contribution is 0.104. The highest BCUT2D eigenvalue weighted by Crippen LogP contribution is 2.28. The van der Waals surface area contributed by atoms with Gasteiger partial charge in [-0.1, -0.05) is 66.7 Å². The molecule has 3 aromatic rings. The molecule has 0 bridgehead atoms. The van der Waals surface area contributed by atoms with E-state index in [1.54, 1.807) is 6.08 Å². The average Bonchev–Trinajstić information content (AvgIpc) is 2.78. The first-order valence-electron chi connectivity index (χ1n) is 10.9. The SMILES string of the molecule is CN(C)CCOc1ccc(-c2ccccc2)cc1C(=O)C=Cc1cccc(CN(C)C)c1. The van der Waals surface area contributed by atoms with Crippen LogP contribution in [0.4, 0.5) is 0 Å². The molecule has 3 rings (SSSR count). The number of ketones is 1. The monoisotopic (exact) mass is 428 g/mol. The standard InChI is InChI=1S/C28H32N2O2/c1-29(2)17-18-32-28-16-14-25(24-11-6-5-7-12-24)20-26(28)27(31)15-13-22-9-8-10-23(19-22)21-30(3)4/h5-16,19-20H,17-18,21H2,1-4H3. The van der Waals surface area contributed by atoms with Crippen molar-refractivity contribution in [1.82, 2.24) is 9.80 Å². The van der Waals surface area contributed by atoms with Gasteiger partial charge in [0, 0.05) is 13.1 Å². The predicted molar refractivity (Wildman–Crippen MR) is 133 cm³/mol. The maximum Gasteiger partial charge on any atom is 0.189 e. The molecular formula is C28H32N2O2. The van der Waals surface area contributed by atoms with Crippen LogP contribution in [0.1, 0.15) is 21.5 Å². The van der Waals surface area contributed by atoms with Crippen molar-refractivity contribution in [3.8, 4) is 16.9 Å². The highest BCUT2D eigenvalue weighted by atomic mass is 16.5. The molecule has 0 fully saturated rings. The molecule has 0 spiro atoms. The van der Waals surface area contributed by atoms with Crippen molar-refractivity contribution in [2.45, 2.75) is 6.54 Å². The Morgan fingerprint density at radius 3 is 2.34 bits per heavy atom. The molecule has 0 aliphatic carbocycles. The van der Waals surface area contributed by atoms with Crippen molar-refractivity contribution in [1.29, 1.82) is 0 Å². The van der Waals surface area contributed by atoms with Crippen LogP contribution in [0.5, 0.6) is 5.75 Å². The fraction of sp³-hybridized carbons (Fsp3) is 0.250. The van der Waals surface area contributed by atoms with Crippen LogP contribution in [0, 0.1) is 0 Å². The van der Waals surface area contributed by atoms with Crippen LogP contribution >= 0.6 is 0 Å². The van der Waals surface area contributed by atoms with Gasteiger partial charge >= 0.3 is 0 Å². The maximum atomic E-state index is 13.2. The molecule has 3 aromatic carbocycles. The van der Waals surface area contributed by atoms with Gasteiger partial charge in [-0.05, 0) is 68.7 Å². The van der Waals surface area contributed by atoms with Crippen molar-refractivity contribution < 1.29 is 9.53 Å². The topological polar surface area (TPSA) is 32.8 Å². The van der Waals surface area contributed by atoms with Crippen LogP contribution < -0.4 is 4.74 Å². The second kappa shape index (κ2) is 11.4. The smallest absolute Gasteiger partial charge is 0.189 e. The number of ether oxygens (including phenoxy) is 1. The number of allylic oxidation sites excluding steroid dienone is 1. The van der Waals surface area contributed by atoms with Gasteiger partial charge < -0.3 is 14.5 Å². The summed E-state index contributed by atoms with van der Waals surface area (Å²) < 4.78 is 5.97. The number of hydrogen-bond donors (Lipinski definition) is 0. The van der Waals surface area contributed by atoms with E-state index < -0.39 is 0 Å². The summed E-state index contributed by atoms with van der Waals surface area (Å²) in [5, 5.41) is 0. The predicted octanol–water partition coefficient (Wildman–Crippen LogP) is 5.25. The summed E-state index contributed by atoms with van der Waals surface area (Å²) in [4.78, 5) is 17.4. The van der Waals surface area contributed by atoms with Gasteiger partial charge in [0.2, 0.25) is 0 Å². The molecule has 0 aromatic heterocycles. The molecule has 166 valence electrons. The lowest BCUT2D eigenvalue weighted by Crippen LogP contribution is -2.20. The molecule has 0 saturated heterocycles. The van der Waals surface area contributed by atoms with Crippen molar-refractivity contribution in [3.05, 3.63) is 95.6 Å². The van der Waals surface area contributed by atoms with Gasteiger partial charge in [0.1, 0.15) is 12.4 Å². The van der Waals surface area contributed by atoms with Crippen LogP contribution in [0.3, 0.4) is 0 Å². The van der Waals surface area contributed by atoms with E-state index in [2.05, 4.69) is 21.9 Å². The molecule has 0 aliphatic heterocycles. The third-order valence-corrected chi connectivity index (χ3v) is 5.03. The van der Waals surface area contributed by atoms with Gasteiger partial charge in [0.25, 0.3) is 0 Å². The van der Waals surface area contributed by atoms with Gasteiger partial charge in [-0.3, -0.25) is 4.79 Å². The highest BCUT2D eigenvalue weighted by molar-refractivity contribution is 6.09. The van der Waals surface area contributed by atoms with Crippen molar-refractivity contribution in [3.63, 3.8) is 0 Å². The highest BCUT2D eigenvalue weighted by Gasteiger charge is 2.13.